The Bertz CT molecular complexity index is 503. The molecular weight excluding hydrogens is 222 g/mol. The highest BCUT2D eigenvalue weighted by atomic mass is 16.3. The lowest BCUT2D eigenvalue weighted by atomic mass is 10.0. The summed E-state index contributed by atoms with van der Waals surface area (Å²) in [6.07, 6.45) is 0. The van der Waals surface area contributed by atoms with Gasteiger partial charge in [0.15, 0.2) is 0 Å². The summed E-state index contributed by atoms with van der Waals surface area (Å²) in [5, 5.41) is 9.04. The largest absolute Gasteiger partial charge is 0.392 e. The number of rotatable bonds is 4. The molecule has 0 atom stereocenters. The van der Waals surface area contributed by atoms with Crippen molar-refractivity contribution in [3.05, 3.63) is 59.7 Å². The minimum atomic E-state index is 0.0982. The van der Waals surface area contributed by atoms with Crippen LogP contribution in [0, 0.1) is 0 Å². The van der Waals surface area contributed by atoms with E-state index in [0.29, 0.717) is 0 Å². The van der Waals surface area contributed by atoms with Crippen molar-refractivity contribution in [2.75, 3.05) is 14.1 Å². The summed E-state index contributed by atoms with van der Waals surface area (Å²) in [6.45, 7) is 1.05. The maximum atomic E-state index is 9.04. The van der Waals surface area contributed by atoms with Crippen molar-refractivity contribution in [1.82, 2.24) is 4.90 Å². The summed E-state index contributed by atoms with van der Waals surface area (Å²) in [7, 11) is 4.14. The summed E-state index contributed by atoms with van der Waals surface area (Å²) in [6, 6.07) is 16.6. The maximum Gasteiger partial charge on any atom is 0.0681 e. The molecule has 0 saturated carbocycles. The molecule has 0 saturated heterocycles. The molecule has 0 aliphatic rings. The zero-order valence-electron chi connectivity index (χ0n) is 10.9. The lowest BCUT2D eigenvalue weighted by Crippen LogP contribution is -2.10. The van der Waals surface area contributed by atoms with Crippen molar-refractivity contribution < 1.29 is 5.11 Å². The highest BCUT2D eigenvalue weighted by Gasteiger charge is 2.00. The molecule has 2 rings (SSSR count). The second-order valence-electron chi connectivity index (χ2n) is 4.79. The van der Waals surface area contributed by atoms with Crippen molar-refractivity contribution in [1.29, 1.82) is 0 Å². The Morgan fingerprint density at radius 3 is 2.22 bits per heavy atom. The lowest BCUT2D eigenvalue weighted by Gasteiger charge is -2.11. The summed E-state index contributed by atoms with van der Waals surface area (Å²) < 4.78 is 0. The van der Waals surface area contributed by atoms with Gasteiger partial charge in [0, 0.05) is 6.54 Å². The Morgan fingerprint density at radius 2 is 1.61 bits per heavy atom. The summed E-state index contributed by atoms with van der Waals surface area (Å²) in [5.41, 5.74) is 4.67. The molecule has 0 spiro atoms. The van der Waals surface area contributed by atoms with Crippen LogP contribution in [0.5, 0.6) is 0 Å². The quantitative estimate of drug-likeness (QED) is 0.889. The first-order valence-electron chi connectivity index (χ1n) is 6.13. The molecule has 0 unspecified atom stereocenters. The van der Waals surface area contributed by atoms with Crippen LogP contribution in [0.4, 0.5) is 0 Å². The molecule has 2 heteroatoms. The van der Waals surface area contributed by atoms with Gasteiger partial charge >= 0.3 is 0 Å². The van der Waals surface area contributed by atoms with Crippen LogP contribution in [-0.4, -0.2) is 24.1 Å². The lowest BCUT2D eigenvalue weighted by molar-refractivity contribution is 0.282. The zero-order chi connectivity index (χ0) is 13.0. The molecule has 2 aromatic carbocycles. The van der Waals surface area contributed by atoms with Gasteiger partial charge in [0.25, 0.3) is 0 Å². The molecule has 0 radical (unpaired) electrons. The van der Waals surface area contributed by atoms with Crippen molar-refractivity contribution in [3.8, 4) is 11.1 Å². The average molecular weight is 241 g/mol. The minimum absolute atomic E-state index is 0.0982. The highest BCUT2D eigenvalue weighted by molar-refractivity contribution is 5.64. The van der Waals surface area contributed by atoms with Crippen LogP contribution in [0.25, 0.3) is 11.1 Å². The number of benzene rings is 2. The third-order valence-electron chi connectivity index (χ3n) is 2.90. The van der Waals surface area contributed by atoms with Gasteiger partial charge in [0.2, 0.25) is 0 Å². The Balaban J connectivity index is 2.26. The molecular formula is C16H19NO. The molecule has 0 aliphatic heterocycles. The molecule has 2 aromatic rings. The van der Waals surface area contributed by atoms with Gasteiger partial charge in [0.05, 0.1) is 6.61 Å². The van der Waals surface area contributed by atoms with E-state index in [1.807, 2.05) is 12.1 Å². The number of aliphatic hydroxyl groups is 1. The number of nitrogens with zero attached hydrogens (tertiary/aromatic N) is 1. The van der Waals surface area contributed by atoms with E-state index >= 15 is 0 Å². The van der Waals surface area contributed by atoms with E-state index in [9.17, 15) is 0 Å². The monoisotopic (exact) mass is 241 g/mol. The normalized spacial score (nSPS) is 10.9. The molecule has 0 heterocycles. The molecule has 0 bridgehead atoms. The number of hydrogen-bond acceptors (Lipinski definition) is 2. The fourth-order valence-electron chi connectivity index (χ4n) is 2.02. The molecule has 0 aliphatic carbocycles. The zero-order valence-corrected chi connectivity index (χ0v) is 10.9. The molecule has 1 N–H and O–H groups in total. The van der Waals surface area contributed by atoms with Crippen LogP contribution in [0.1, 0.15) is 11.1 Å². The summed E-state index contributed by atoms with van der Waals surface area (Å²) in [5.74, 6) is 0. The van der Waals surface area contributed by atoms with Crippen LogP contribution in [0.3, 0.4) is 0 Å². The van der Waals surface area contributed by atoms with Crippen molar-refractivity contribution in [3.63, 3.8) is 0 Å². The third-order valence-corrected chi connectivity index (χ3v) is 2.90. The van der Waals surface area contributed by atoms with Crippen molar-refractivity contribution in [2.45, 2.75) is 13.2 Å². The standard InChI is InChI=1S/C16H19NO/c1-17(2)11-14-4-3-5-16(10-14)15-8-6-13(12-18)7-9-15/h3-10,18H,11-12H2,1-2H3. The highest BCUT2D eigenvalue weighted by Crippen LogP contribution is 2.21. The molecule has 0 fully saturated rings. The maximum absolute atomic E-state index is 9.04. The van der Waals surface area contributed by atoms with Gasteiger partial charge in [-0.1, -0.05) is 42.5 Å². The number of aliphatic hydroxyl groups excluding tert-OH is 1. The van der Waals surface area contributed by atoms with E-state index < -0.39 is 0 Å². The molecule has 2 nitrogen and oxygen atoms in total. The van der Waals surface area contributed by atoms with E-state index in [1.54, 1.807) is 0 Å². The van der Waals surface area contributed by atoms with E-state index in [0.717, 1.165) is 12.1 Å². The van der Waals surface area contributed by atoms with Gasteiger partial charge < -0.3 is 10.0 Å². The van der Waals surface area contributed by atoms with E-state index in [-0.39, 0.29) is 6.61 Å². The Hall–Kier alpha value is -1.64. The van der Waals surface area contributed by atoms with Gasteiger partial charge in [-0.25, -0.2) is 0 Å². The fraction of sp³-hybridized carbons (Fsp3) is 0.250. The van der Waals surface area contributed by atoms with Gasteiger partial charge in [-0.3, -0.25) is 0 Å². The van der Waals surface area contributed by atoms with Gasteiger partial charge in [-0.05, 0) is 42.4 Å². The molecule has 0 amide bonds. The molecule has 0 aromatic heterocycles. The van der Waals surface area contributed by atoms with Crippen LogP contribution in [0.15, 0.2) is 48.5 Å². The Morgan fingerprint density at radius 1 is 0.889 bits per heavy atom. The predicted octanol–water partition coefficient (Wildman–Crippen LogP) is 2.91. The minimum Gasteiger partial charge on any atom is -0.392 e. The van der Waals surface area contributed by atoms with E-state index in [4.69, 9.17) is 5.11 Å². The third kappa shape index (κ3) is 3.19. The van der Waals surface area contributed by atoms with Crippen LogP contribution >= 0.6 is 0 Å². The first-order valence-corrected chi connectivity index (χ1v) is 6.13. The average Bonchev–Trinajstić information content (AvgIpc) is 2.38. The topological polar surface area (TPSA) is 23.5 Å². The number of hydrogen-bond donors (Lipinski definition) is 1. The predicted molar refractivity (Wildman–Crippen MR) is 75.2 cm³/mol. The van der Waals surface area contributed by atoms with Gasteiger partial charge in [-0.15, -0.1) is 0 Å². The van der Waals surface area contributed by atoms with Crippen molar-refractivity contribution in [2.24, 2.45) is 0 Å². The second-order valence-corrected chi connectivity index (χ2v) is 4.79. The van der Waals surface area contributed by atoms with Crippen LogP contribution in [0.2, 0.25) is 0 Å². The van der Waals surface area contributed by atoms with Gasteiger partial charge in [-0.2, -0.15) is 0 Å². The SMILES string of the molecule is CN(C)Cc1cccc(-c2ccc(CO)cc2)c1. The van der Waals surface area contributed by atoms with Crippen molar-refractivity contribution >= 4 is 0 Å². The summed E-state index contributed by atoms with van der Waals surface area (Å²) in [4.78, 5) is 2.16. The van der Waals surface area contributed by atoms with E-state index in [2.05, 4.69) is 55.4 Å². The van der Waals surface area contributed by atoms with Crippen LogP contribution in [-0.2, 0) is 13.2 Å². The van der Waals surface area contributed by atoms with Gasteiger partial charge in [0.1, 0.15) is 0 Å². The van der Waals surface area contributed by atoms with Crippen LogP contribution < -0.4 is 0 Å². The molecule has 18 heavy (non-hydrogen) atoms. The Kier molecular flexibility index (Phi) is 4.13. The molecule has 94 valence electrons. The van der Waals surface area contributed by atoms with E-state index in [1.165, 1.54) is 16.7 Å². The second kappa shape index (κ2) is 5.80. The smallest absolute Gasteiger partial charge is 0.0681 e. The Labute approximate surface area is 109 Å². The first-order chi connectivity index (χ1) is 8.69. The summed E-state index contributed by atoms with van der Waals surface area (Å²) >= 11 is 0. The first kappa shape index (κ1) is 12.8. The fourth-order valence-corrected chi connectivity index (χ4v) is 2.02.